The molecule has 0 unspecified atom stereocenters. The molecular formula is C22H24N2O. The topological polar surface area (TPSA) is 41.1 Å². The molecule has 3 nitrogen and oxygen atoms in total. The van der Waals surface area contributed by atoms with Crippen molar-refractivity contribution in [1.29, 1.82) is 0 Å². The molecule has 1 atom stereocenters. The van der Waals surface area contributed by atoms with Crippen LogP contribution < -0.4 is 10.6 Å². The van der Waals surface area contributed by atoms with E-state index in [1.807, 2.05) is 6.07 Å². The lowest BCUT2D eigenvalue weighted by atomic mass is 9.95. The van der Waals surface area contributed by atoms with Crippen LogP contribution in [0.25, 0.3) is 11.1 Å². The van der Waals surface area contributed by atoms with Crippen LogP contribution in [0.2, 0.25) is 0 Å². The van der Waals surface area contributed by atoms with Gasteiger partial charge >= 0.3 is 0 Å². The molecule has 2 N–H and O–H groups in total. The lowest BCUT2D eigenvalue weighted by molar-refractivity contribution is -0.116. The highest BCUT2D eigenvalue weighted by atomic mass is 16.2. The van der Waals surface area contributed by atoms with Crippen LogP contribution in [0.5, 0.6) is 0 Å². The van der Waals surface area contributed by atoms with Crippen LogP contribution in [-0.2, 0) is 11.2 Å². The van der Waals surface area contributed by atoms with Gasteiger partial charge < -0.3 is 10.6 Å². The number of piperidine rings is 1. The van der Waals surface area contributed by atoms with Crippen molar-refractivity contribution in [3.63, 3.8) is 0 Å². The molecule has 0 spiro atoms. The highest BCUT2D eigenvalue weighted by molar-refractivity contribution is 5.97. The van der Waals surface area contributed by atoms with E-state index in [0.717, 1.165) is 44.3 Å². The molecule has 0 aromatic heterocycles. The van der Waals surface area contributed by atoms with Gasteiger partial charge in [0.2, 0.25) is 5.91 Å². The Bertz CT molecular complexity index is 769. The number of amides is 1. The van der Waals surface area contributed by atoms with Gasteiger partial charge in [-0.05, 0) is 55.5 Å². The fourth-order valence-corrected chi connectivity index (χ4v) is 3.87. The van der Waals surface area contributed by atoms with Gasteiger partial charge in [-0.15, -0.1) is 0 Å². The van der Waals surface area contributed by atoms with Gasteiger partial charge in [0.15, 0.2) is 0 Å². The summed E-state index contributed by atoms with van der Waals surface area (Å²) in [6.07, 6.45) is 3.80. The maximum absolute atomic E-state index is 12.3. The summed E-state index contributed by atoms with van der Waals surface area (Å²) in [5, 5.41) is 6.54. The molecule has 2 fully saturated rings. The molecule has 0 aliphatic carbocycles. The van der Waals surface area contributed by atoms with Crippen LogP contribution in [0.1, 0.15) is 24.8 Å². The van der Waals surface area contributed by atoms with E-state index in [0.29, 0.717) is 0 Å². The van der Waals surface area contributed by atoms with Gasteiger partial charge in [-0.1, -0.05) is 60.2 Å². The van der Waals surface area contributed by atoms with Crippen LogP contribution >= 0.6 is 0 Å². The van der Waals surface area contributed by atoms with E-state index in [-0.39, 0.29) is 11.9 Å². The summed E-state index contributed by atoms with van der Waals surface area (Å²) in [6.45, 7) is 2.00. The molecule has 2 aliphatic heterocycles. The molecule has 0 radical (unpaired) electrons. The number of carbonyl (C=O) groups excluding carboxylic acids is 1. The number of benzene rings is 2. The number of hydrogen-bond donors (Lipinski definition) is 2. The summed E-state index contributed by atoms with van der Waals surface area (Å²) < 4.78 is 0. The SMILES string of the molecule is O=C1N[C@H](Cc2ccc(-c3ccccc3)cc2)CC1=C1CCNCC1. The number of carbonyl (C=O) groups is 1. The zero-order chi connectivity index (χ0) is 17.1. The quantitative estimate of drug-likeness (QED) is 0.845. The second-order valence-corrected chi connectivity index (χ2v) is 6.97. The second-order valence-electron chi connectivity index (χ2n) is 6.97. The van der Waals surface area contributed by atoms with Gasteiger partial charge in [-0.3, -0.25) is 4.79 Å². The van der Waals surface area contributed by atoms with Gasteiger partial charge in [0, 0.05) is 11.6 Å². The minimum absolute atomic E-state index is 0.155. The van der Waals surface area contributed by atoms with E-state index in [9.17, 15) is 4.79 Å². The third-order valence-corrected chi connectivity index (χ3v) is 5.24. The first kappa shape index (κ1) is 16.1. The number of hydrogen-bond acceptors (Lipinski definition) is 2. The molecule has 25 heavy (non-hydrogen) atoms. The second kappa shape index (κ2) is 7.24. The first-order valence-electron chi connectivity index (χ1n) is 9.16. The Balaban J connectivity index is 1.43. The fraction of sp³-hybridized carbons (Fsp3) is 0.318. The van der Waals surface area contributed by atoms with Crippen molar-refractivity contribution in [2.24, 2.45) is 0 Å². The van der Waals surface area contributed by atoms with Gasteiger partial charge in [-0.25, -0.2) is 0 Å². The van der Waals surface area contributed by atoms with E-state index in [1.165, 1.54) is 22.3 Å². The lowest BCUT2D eigenvalue weighted by Crippen LogP contribution is -2.28. The third kappa shape index (κ3) is 3.67. The summed E-state index contributed by atoms with van der Waals surface area (Å²) in [5.74, 6) is 0.155. The van der Waals surface area contributed by atoms with Gasteiger partial charge in [0.25, 0.3) is 0 Å². The van der Waals surface area contributed by atoms with Crippen LogP contribution in [0, 0.1) is 0 Å². The van der Waals surface area contributed by atoms with E-state index < -0.39 is 0 Å². The van der Waals surface area contributed by atoms with Crippen molar-refractivity contribution in [2.75, 3.05) is 13.1 Å². The number of nitrogens with one attached hydrogen (secondary N) is 2. The molecule has 1 amide bonds. The minimum atomic E-state index is 0.155. The van der Waals surface area contributed by atoms with E-state index in [2.05, 4.69) is 59.2 Å². The van der Waals surface area contributed by atoms with E-state index in [1.54, 1.807) is 0 Å². The van der Waals surface area contributed by atoms with Gasteiger partial charge in [0.1, 0.15) is 0 Å². The molecule has 2 aromatic carbocycles. The zero-order valence-corrected chi connectivity index (χ0v) is 14.4. The largest absolute Gasteiger partial charge is 0.349 e. The first-order valence-corrected chi connectivity index (χ1v) is 9.16. The number of rotatable bonds is 3. The molecule has 0 saturated carbocycles. The smallest absolute Gasteiger partial charge is 0.247 e. The standard InChI is InChI=1S/C22H24N2O/c25-22-21(19-10-12-23-13-11-19)15-20(24-22)14-16-6-8-18(9-7-16)17-4-2-1-3-5-17/h1-9,20,23H,10-15H2,(H,24,25)/t20-/m1/s1. The molecular weight excluding hydrogens is 308 g/mol. The highest BCUT2D eigenvalue weighted by Gasteiger charge is 2.29. The van der Waals surface area contributed by atoms with Crippen molar-refractivity contribution in [3.05, 3.63) is 71.3 Å². The molecule has 2 heterocycles. The Morgan fingerprint density at radius 1 is 0.880 bits per heavy atom. The summed E-state index contributed by atoms with van der Waals surface area (Å²) in [4.78, 5) is 12.3. The molecule has 0 bridgehead atoms. The molecule has 2 aromatic rings. The van der Waals surface area contributed by atoms with Crippen molar-refractivity contribution in [1.82, 2.24) is 10.6 Å². The average Bonchev–Trinajstić information content (AvgIpc) is 3.04. The Kier molecular flexibility index (Phi) is 4.66. The summed E-state index contributed by atoms with van der Waals surface area (Å²) in [5.41, 5.74) is 6.16. The molecule has 2 aliphatic rings. The Morgan fingerprint density at radius 2 is 1.56 bits per heavy atom. The maximum atomic E-state index is 12.3. The van der Waals surface area contributed by atoms with Crippen molar-refractivity contribution >= 4 is 5.91 Å². The van der Waals surface area contributed by atoms with Crippen LogP contribution in [-0.4, -0.2) is 25.0 Å². The maximum Gasteiger partial charge on any atom is 0.247 e. The van der Waals surface area contributed by atoms with Crippen LogP contribution in [0.4, 0.5) is 0 Å². The molecule has 3 heteroatoms. The van der Waals surface area contributed by atoms with Crippen molar-refractivity contribution in [2.45, 2.75) is 31.7 Å². The monoisotopic (exact) mass is 332 g/mol. The van der Waals surface area contributed by atoms with Crippen molar-refractivity contribution in [3.8, 4) is 11.1 Å². The Hall–Kier alpha value is -2.39. The molecule has 4 rings (SSSR count). The highest BCUT2D eigenvalue weighted by Crippen LogP contribution is 2.26. The van der Waals surface area contributed by atoms with Crippen LogP contribution in [0.3, 0.4) is 0 Å². The average molecular weight is 332 g/mol. The lowest BCUT2D eigenvalue weighted by Gasteiger charge is -2.17. The summed E-state index contributed by atoms with van der Waals surface area (Å²) >= 11 is 0. The Labute approximate surface area is 149 Å². The summed E-state index contributed by atoms with van der Waals surface area (Å²) in [6, 6.07) is 19.4. The van der Waals surface area contributed by atoms with Gasteiger partial charge in [0.05, 0.1) is 0 Å². The normalized spacial score (nSPS) is 20.6. The van der Waals surface area contributed by atoms with E-state index in [4.69, 9.17) is 0 Å². The van der Waals surface area contributed by atoms with Gasteiger partial charge in [-0.2, -0.15) is 0 Å². The van der Waals surface area contributed by atoms with Crippen LogP contribution in [0.15, 0.2) is 65.7 Å². The third-order valence-electron chi connectivity index (χ3n) is 5.24. The predicted molar refractivity (Wildman–Crippen MR) is 101 cm³/mol. The van der Waals surface area contributed by atoms with E-state index >= 15 is 0 Å². The zero-order valence-electron chi connectivity index (χ0n) is 14.4. The fourth-order valence-electron chi connectivity index (χ4n) is 3.87. The summed E-state index contributed by atoms with van der Waals surface area (Å²) in [7, 11) is 0. The van der Waals surface area contributed by atoms with Crippen molar-refractivity contribution < 1.29 is 4.79 Å². The first-order chi connectivity index (χ1) is 12.3. The molecule has 2 saturated heterocycles. The predicted octanol–water partition coefficient (Wildman–Crippen LogP) is 3.46. The molecule has 128 valence electrons. The minimum Gasteiger partial charge on any atom is -0.349 e. The Morgan fingerprint density at radius 3 is 2.28 bits per heavy atom.